The highest BCUT2D eigenvalue weighted by Crippen LogP contribution is 2.52. The van der Waals surface area contributed by atoms with Crippen LogP contribution in [0.5, 0.6) is 0 Å². The molecule has 3 aliphatic rings. The van der Waals surface area contributed by atoms with Gasteiger partial charge in [-0.1, -0.05) is 46.6 Å². The van der Waals surface area contributed by atoms with Gasteiger partial charge in [-0.15, -0.1) is 0 Å². The fourth-order valence-corrected chi connectivity index (χ4v) is 4.91. The molecule has 0 saturated carbocycles. The van der Waals surface area contributed by atoms with Crippen LogP contribution in [0.2, 0.25) is 10.0 Å². The van der Waals surface area contributed by atoms with Crippen molar-refractivity contribution in [1.82, 2.24) is 10.5 Å². The maximum Gasteiger partial charge on any atom is 0.235 e. The van der Waals surface area contributed by atoms with Crippen LogP contribution in [0, 0.1) is 18.8 Å². The van der Waals surface area contributed by atoms with Crippen molar-refractivity contribution in [2.45, 2.75) is 25.2 Å². The number of fused-ring (bicyclic) bond motifs is 1. The van der Waals surface area contributed by atoms with E-state index in [0.29, 0.717) is 28.2 Å². The van der Waals surface area contributed by atoms with Crippen molar-refractivity contribution in [3.8, 4) is 0 Å². The topological polar surface area (TPSA) is 84.7 Å². The summed E-state index contributed by atoms with van der Waals surface area (Å²) >= 11 is 12.1. The van der Waals surface area contributed by atoms with Gasteiger partial charge in [0.1, 0.15) is 11.4 Å². The van der Waals surface area contributed by atoms with E-state index < -0.39 is 23.5 Å². The first-order chi connectivity index (χ1) is 13.9. The van der Waals surface area contributed by atoms with Gasteiger partial charge in [0.05, 0.1) is 24.5 Å². The summed E-state index contributed by atoms with van der Waals surface area (Å²) in [6.45, 7) is 2.31. The molecule has 7 nitrogen and oxygen atoms in total. The molecule has 2 amide bonds. The molecule has 0 aliphatic carbocycles. The zero-order valence-corrected chi connectivity index (χ0v) is 16.9. The fraction of sp³-hybridized carbons (Fsp3) is 0.350. The maximum atomic E-state index is 13.2. The number of aryl methyl sites for hydroxylation is 1. The van der Waals surface area contributed by atoms with Crippen molar-refractivity contribution in [2.75, 3.05) is 11.4 Å². The number of carbonyl (C=O) groups excluding carboxylic acids is 2. The summed E-state index contributed by atoms with van der Waals surface area (Å²) in [6, 6.07) is 6.80. The molecule has 3 aliphatic heterocycles. The first kappa shape index (κ1) is 18.7. The number of rotatable bonds is 4. The summed E-state index contributed by atoms with van der Waals surface area (Å²) in [5, 5.41) is 7.83. The quantitative estimate of drug-likeness (QED) is 0.749. The molecular weight excluding hydrogens is 417 g/mol. The van der Waals surface area contributed by atoms with E-state index >= 15 is 0 Å². The van der Waals surface area contributed by atoms with Gasteiger partial charge in [0.25, 0.3) is 0 Å². The average Bonchev–Trinajstić information content (AvgIpc) is 3.42. The molecule has 29 heavy (non-hydrogen) atoms. The number of hydrogen-bond donors (Lipinski definition) is 1. The number of carbonyl (C=O) groups is 2. The van der Waals surface area contributed by atoms with Gasteiger partial charge in [-0.25, -0.2) is 0 Å². The second kappa shape index (κ2) is 6.58. The zero-order chi connectivity index (χ0) is 20.3. The van der Waals surface area contributed by atoms with Crippen molar-refractivity contribution in [3.63, 3.8) is 0 Å². The largest absolute Gasteiger partial charge is 0.360 e. The molecule has 5 rings (SSSR count). The summed E-state index contributed by atoms with van der Waals surface area (Å²) < 4.78 is 11.2. The molecular formula is C20H17Cl2N3O4. The Morgan fingerprint density at radius 3 is 2.93 bits per heavy atom. The predicted octanol–water partition coefficient (Wildman–Crippen LogP) is 2.89. The minimum Gasteiger partial charge on any atom is -0.360 e. The zero-order valence-electron chi connectivity index (χ0n) is 15.4. The molecule has 1 spiro atoms. The lowest BCUT2D eigenvalue weighted by molar-refractivity contribution is -0.132. The van der Waals surface area contributed by atoms with E-state index in [0.717, 1.165) is 5.56 Å². The van der Waals surface area contributed by atoms with E-state index in [2.05, 4.69) is 10.5 Å². The minimum atomic E-state index is -0.811. The van der Waals surface area contributed by atoms with Crippen LogP contribution in [0.1, 0.15) is 11.3 Å². The number of benzene rings is 1. The highest BCUT2D eigenvalue weighted by molar-refractivity contribution is 6.35. The van der Waals surface area contributed by atoms with Crippen molar-refractivity contribution in [2.24, 2.45) is 11.8 Å². The molecule has 1 aromatic carbocycles. The Kier molecular flexibility index (Phi) is 4.24. The van der Waals surface area contributed by atoms with Crippen LogP contribution < -0.4 is 10.2 Å². The number of ether oxygens (including phenoxy) is 1. The molecule has 4 atom stereocenters. The third kappa shape index (κ3) is 2.87. The van der Waals surface area contributed by atoms with E-state index in [-0.39, 0.29) is 18.4 Å². The average molecular weight is 434 g/mol. The predicted molar refractivity (Wildman–Crippen MR) is 106 cm³/mol. The molecule has 150 valence electrons. The van der Waals surface area contributed by atoms with Gasteiger partial charge in [0.15, 0.2) is 5.82 Å². The molecule has 1 N–H and O–H groups in total. The number of halogens is 2. The maximum absolute atomic E-state index is 13.2. The Labute approximate surface area is 176 Å². The molecule has 0 radical (unpaired) electrons. The third-order valence-electron chi connectivity index (χ3n) is 5.76. The lowest BCUT2D eigenvalue weighted by Gasteiger charge is -2.23. The first-order valence-corrected chi connectivity index (χ1v) is 9.97. The van der Waals surface area contributed by atoms with Gasteiger partial charge >= 0.3 is 0 Å². The van der Waals surface area contributed by atoms with E-state index in [9.17, 15) is 9.59 Å². The molecule has 4 heterocycles. The molecule has 2 aromatic rings. The van der Waals surface area contributed by atoms with Gasteiger partial charge in [-0.3, -0.25) is 14.5 Å². The highest BCUT2D eigenvalue weighted by atomic mass is 35.5. The van der Waals surface area contributed by atoms with Gasteiger partial charge in [-0.05, 0) is 24.6 Å². The Balaban J connectivity index is 1.36. The number of nitrogens with one attached hydrogen (secondary N) is 1. The molecule has 2 saturated heterocycles. The second-order valence-corrected chi connectivity index (χ2v) is 8.42. The van der Waals surface area contributed by atoms with Crippen LogP contribution >= 0.6 is 23.2 Å². The summed E-state index contributed by atoms with van der Waals surface area (Å²) in [5.74, 6) is -0.605. The van der Waals surface area contributed by atoms with Gasteiger partial charge < -0.3 is 14.6 Å². The molecule has 2 fully saturated rings. The Hall–Kier alpha value is -2.35. The van der Waals surface area contributed by atoms with Gasteiger partial charge in [0.2, 0.25) is 11.8 Å². The number of hydrogen-bond acceptors (Lipinski definition) is 5. The Morgan fingerprint density at radius 2 is 2.21 bits per heavy atom. The minimum absolute atomic E-state index is 0.185. The van der Waals surface area contributed by atoms with E-state index in [1.165, 1.54) is 4.90 Å². The number of amides is 2. The van der Waals surface area contributed by atoms with E-state index in [1.807, 2.05) is 12.2 Å². The normalized spacial score (nSPS) is 29.6. The number of aromatic nitrogens is 1. The monoisotopic (exact) mass is 433 g/mol. The van der Waals surface area contributed by atoms with Crippen molar-refractivity contribution in [1.29, 1.82) is 0 Å². The summed E-state index contributed by atoms with van der Waals surface area (Å²) in [6.07, 6.45) is 3.33. The van der Waals surface area contributed by atoms with Crippen LogP contribution in [-0.4, -0.2) is 35.2 Å². The fourth-order valence-electron chi connectivity index (χ4n) is 4.44. The van der Waals surface area contributed by atoms with Crippen molar-refractivity contribution in [3.05, 3.63) is 57.8 Å². The van der Waals surface area contributed by atoms with E-state index in [1.54, 1.807) is 31.2 Å². The lowest BCUT2D eigenvalue weighted by atomic mass is 9.77. The van der Waals surface area contributed by atoms with Crippen LogP contribution in [0.15, 0.2) is 40.9 Å². The smallest absolute Gasteiger partial charge is 0.235 e. The van der Waals surface area contributed by atoms with E-state index in [4.69, 9.17) is 32.5 Å². The SMILES string of the molecule is Cc1cc(N2CC34C=C[C@@H](O3)C(C(=O)NCc3ccc(Cl)cc3Cl)C4C2=O)no1. The van der Waals surface area contributed by atoms with Crippen LogP contribution in [0.4, 0.5) is 5.82 Å². The summed E-state index contributed by atoms with van der Waals surface area (Å²) in [7, 11) is 0. The summed E-state index contributed by atoms with van der Waals surface area (Å²) in [4.78, 5) is 27.7. The number of anilines is 1. The number of nitrogens with zero attached hydrogens (tertiary/aromatic N) is 2. The van der Waals surface area contributed by atoms with Crippen LogP contribution in [0.25, 0.3) is 0 Å². The standard InChI is InChI=1S/C20H17Cl2N3O4/c1-10-6-15(24-29-10)25-9-20-5-4-14(28-20)16(17(20)19(25)27)18(26)23-8-11-2-3-12(21)7-13(11)22/h2-7,14,16-17H,8-9H2,1H3,(H,23,26)/t14-,16?,17?,20?/m1/s1. The molecule has 3 unspecified atom stereocenters. The molecule has 1 aromatic heterocycles. The molecule has 2 bridgehead atoms. The Bertz CT molecular complexity index is 1050. The lowest BCUT2D eigenvalue weighted by Crippen LogP contribution is -2.44. The van der Waals surface area contributed by atoms with Crippen molar-refractivity contribution < 1.29 is 18.8 Å². The first-order valence-electron chi connectivity index (χ1n) is 9.21. The molecule has 9 heteroatoms. The third-order valence-corrected chi connectivity index (χ3v) is 6.35. The van der Waals surface area contributed by atoms with Crippen molar-refractivity contribution >= 4 is 40.8 Å². The Morgan fingerprint density at radius 1 is 1.38 bits per heavy atom. The van der Waals surface area contributed by atoms with Gasteiger partial charge in [-0.2, -0.15) is 0 Å². The van der Waals surface area contributed by atoms with Crippen LogP contribution in [0.3, 0.4) is 0 Å². The highest BCUT2D eigenvalue weighted by Gasteiger charge is 2.67. The van der Waals surface area contributed by atoms with Gasteiger partial charge in [0, 0.05) is 22.7 Å². The second-order valence-electron chi connectivity index (χ2n) is 7.57. The van der Waals surface area contributed by atoms with Crippen LogP contribution in [-0.2, 0) is 20.9 Å². The summed E-state index contributed by atoms with van der Waals surface area (Å²) in [5.41, 5.74) is -0.0645.